The summed E-state index contributed by atoms with van der Waals surface area (Å²) in [7, 11) is 1.37. The Morgan fingerprint density at radius 2 is 1.78 bits per heavy atom. The molecule has 6 nitrogen and oxygen atoms in total. The van der Waals surface area contributed by atoms with Crippen LogP contribution in [0.2, 0.25) is 5.02 Å². The topological polar surface area (TPSA) is 92.1 Å². The van der Waals surface area contributed by atoms with E-state index in [-0.39, 0.29) is 15.0 Å². The zero-order valence-electron chi connectivity index (χ0n) is 19.8. The Bertz CT molecular complexity index is 808. The van der Waals surface area contributed by atoms with Crippen molar-refractivity contribution in [2.45, 2.75) is 39.5 Å². The predicted octanol–water partition coefficient (Wildman–Crippen LogP) is 5.66. The maximum absolute atomic E-state index is 14.1. The number of nitrogens with two attached hydrogens (primary N) is 1. The molecule has 0 saturated carbocycles. The minimum Gasteiger partial charge on any atom is -0.382 e. The molecule has 1 aromatic heterocycles. The van der Waals surface area contributed by atoms with Crippen molar-refractivity contribution in [2.75, 3.05) is 37.2 Å². The largest absolute Gasteiger partial charge is 0.382 e. The van der Waals surface area contributed by atoms with Crippen LogP contribution in [0.15, 0.2) is 35.9 Å². The Kier molecular flexibility index (Phi) is 18.2. The molecule has 0 aliphatic rings. The van der Waals surface area contributed by atoms with Crippen molar-refractivity contribution in [3.63, 3.8) is 0 Å². The van der Waals surface area contributed by atoms with Crippen molar-refractivity contribution >= 4 is 44.7 Å². The Hall–Kier alpha value is -1.59. The molecule has 0 radical (unpaired) electrons. The van der Waals surface area contributed by atoms with E-state index < -0.39 is 21.9 Å². The maximum atomic E-state index is 14.1. The summed E-state index contributed by atoms with van der Waals surface area (Å²) in [6.45, 7) is 15.2. The Balaban J connectivity index is 0. The van der Waals surface area contributed by atoms with Crippen LogP contribution in [0.1, 0.15) is 34.6 Å². The summed E-state index contributed by atoms with van der Waals surface area (Å²) in [4.78, 5) is 3.54. The van der Waals surface area contributed by atoms with Crippen LogP contribution in [-0.2, 0) is 11.0 Å². The van der Waals surface area contributed by atoms with Crippen molar-refractivity contribution in [1.82, 2.24) is 10.3 Å². The lowest BCUT2D eigenvalue weighted by Crippen LogP contribution is -2.18. The van der Waals surface area contributed by atoms with Crippen molar-refractivity contribution in [1.29, 1.82) is 0 Å². The fraction of sp³-hybridized carbons (Fsp3) is 0.476. The van der Waals surface area contributed by atoms with Gasteiger partial charge in [-0.3, -0.25) is 4.72 Å². The van der Waals surface area contributed by atoms with Gasteiger partial charge >= 0.3 is 0 Å². The van der Waals surface area contributed by atoms with Gasteiger partial charge in [0, 0.05) is 13.1 Å². The highest BCUT2D eigenvalue weighted by Gasteiger charge is 2.15. The lowest BCUT2D eigenvalue weighted by Gasteiger charge is -2.11. The number of thiazole rings is 1. The Morgan fingerprint density at radius 1 is 1.25 bits per heavy atom. The van der Waals surface area contributed by atoms with E-state index in [4.69, 9.17) is 11.6 Å². The zero-order valence-corrected chi connectivity index (χ0v) is 22.2. The van der Waals surface area contributed by atoms with E-state index in [2.05, 4.69) is 60.3 Å². The highest BCUT2D eigenvalue weighted by Crippen LogP contribution is 2.28. The normalized spacial score (nSPS) is 10.8. The highest BCUT2D eigenvalue weighted by atomic mass is 35.5. The number of hydrogen-bond acceptors (Lipinski definition) is 6. The zero-order chi connectivity index (χ0) is 25.3. The van der Waals surface area contributed by atoms with Crippen molar-refractivity contribution < 1.29 is 13.0 Å². The summed E-state index contributed by atoms with van der Waals surface area (Å²) >= 11 is 6.73. The van der Waals surface area contributed by atoms with Gasteiger partial charge in [0.15, 0.2) is 21.2 Å². The van der Waals surface area contributed by atoms with Crippen LogP contribution in [0.3, 0.4) is 0 Å². The third-order valence-electron chi connectivity index (χ3n) is 2.57. The number of anilines is 2. The number of likely N-dealkylation sites (N-methyl/N-ethyl adjacent to an activating group) is 1. The van der Waals surface area contributed by atoms with Crippen LogP contribution in [0, 0.1) is 16.4 Å². The molecule has 32 heavy (non-hydrogen) atoms. The number of benzene rings is 1. The second-order valence-electron chi connectivity index (χ2n) is 7.54. The monoisotopic (exact) mass is 511 g/mol. The molecule has 0 aliphatic heterocycles. The van der Waals surface area contributed by atoms with Crippen LogP contribution in [0.4, 0.5) is 19.6 Å². The highest BCUT2D eigenvalue weighted by molar-refractivity contribution is 7.86. The lowest BCUT2D eigenvalue weighted by atomic mass is 10.0. The van der Waals surface area contributed by atoms with E-state index in [1.807, 2.05) is 6.92 Å². The van der Waals surface area contributed by atoms with Crippen LogP contribution >= 0.6 is 22.9 Å². The van der Waals surface area contributed by atoms with Gasteiger partial charge in [0.1, 0.15) is 5.82 Å². The lowest BCUT2D eigenvalue weighted by molar-refractivity contribution is 0.469. The number of hydrogen-bond donors (Lipinski definition) is 4. The molecule has 0 amide bonds. The number of allylic oxidation sites excluding steroid dienone is 1. The number of rotatable bonds is 7. The summed E-state index contributed by atoms with van der Waals surface area (Å²) in [5.41, 5.74) is 5.41. The van der Waals surface area contributed by atoms with Gasteiger partial charge in [-0.2, -0.15) is 4.39 Å². The summed E-state index contributed by atoms with van der Waals surface area (Å²) in [6.07, 6.45) is 2.74. The molecule has 0 saturated heterocycles. The molecule has 184 valence electrons. The molecule has 0 spiro atoms. The number of halogens is 3. The van der Waals surface area contributed by atoms with Gasteiger partial charge in [0.2, 0.25) is 0 Å². The van der Waals surface area contributed by atoms with Crippen LogP contribution in [0.5, 0.6) is 0 Å². The van der Waals surface area contributed by atoms with Crippen LogP contribution in [0.25, 0.3) is 0 Å². The molecule has 2 aromatic rings. The molecule has 1 aromatic carbocycles. The van der Waals surface area contributed by atoms with Gasteiger partial charge in [-0.25, -0.2) is 13.6 Å². The molecule has 5 N–H and O–H groups in total. The van der Waals surface area contributed by atoms with Crippen LogP contribution in [-0.4, -0.2) is 36.4 Å². The molecule has 1 atom stereocenters. The van der Waals surface area contributed by atoms with E-state index >= 15 is 0 Å². The van der Waals surface area contributed by atoms with Gasteiger partial charge in [-0.05, 0) is 38.6 Å². The van der Waals surface area contributed by atoms with Gasteiger partial charge in [-0.1, -0.05) is 56.7 Å². The van der Waals surface area contributed by atoms with E-state index in [9.17, 15) is 13.0 Å². The first-order valence-electron chi connectivity index (χ1n) is 9.75. The molecular weight excluding hydrogens is 476 g/mol. The second-order valence-corrected chi connectivity index (χ2v) is 10.1. The summed E-state index contributed by atoms with van der Waals surface area (Å²) in [5.74, 6) is -0.681. The number of nitrogens with one attached hydrogen (secondary N) is 3. The van der Waals surface area contributed by atoms with Gasteiger partial charge in [0.05, 0.1) is 21.8 Å². The fourth-order valence-electron chi connectivity index (χ4n) is 1.56. The number of aromatic nitrogens is 1. The number of nitrogens with zero attached hydrogens (tertiary/aromatic N) is 1. The average molecular weight is 512 g/mol. The SMILES string of the molecule is C=CC.CC(C)(C)C.CN.CNCCNc1cc(F)c(S(=O)Nc2ncc(F)s2)cc1Cl. The minimum atomic E-state index is -1.93. The third-order valence-corrected chi connectivity index (χ3v) is 4.80. The first-order valence-corrected chi connectivity index (χ1v) is 12.1. The molecule has 11 heteroatoms. The first-order chi connectivity index (χ1) is 14.9. The van der Waals surface area contributed by atoms with Gasteiger partial charge < -0.3 is 16.4 Å². The van der Waals surface area contributed by atoms with E-state index in [1.54, 1.807) is 13.1 Å². The fourth-order valence-corrected chi connectivity index (χ4v) is 3.43. The second kappa shape index (κ2) is 17.9. The predicted molar refractivity (Wildman–Crippen MR) is 137 cm³/mol. The molecule has 0 bridgehead atoms. The van der Waals surface area contributed by atoms with Crippen molar-refractivity contribution in [3.8, 4) is 0 Å². The molecule has 2 rings (SSSR count). The summed E-state index contributed by atoms with van der Waals surface area (Å²) in [6, 6.07) is 2.45. The summed E-state index contributed by atoms with van der Waals surface area (Å²) in [5, 5.41) is 5.71. The average Bonchev–Trinajstić information content (AvgIpc) is 3.10. The van der Waals surface area contributed by atoms with Gasteiger partial charge in [-0.15, -0.1) is 6.58 Å². The molecule has 0 aliphatic carbocycles. The molecule has 1 heterocycles. The molecule has 1 unspecified atom stereocenters. The summed E-state index contributed by atoms with van der Waals surface area (Å²) < 4.78 is 41.4. The first kappa shape index (κ1) is 32.6. The maximum Gasteiger partial charge on any atom is 0.198 e. The van der Waals surface area contributed by atoms with Crippen molar-refractivity contribution in [2.24, 2.45) is 11.1 Å². The minimum absolute atomic E-state index is 0.0996. The Morgan fingerprint density at radius 3 is 2.22 bits per heavy atom. The van der Waals surface area contributed by atoms with Crippen molar-refractivity contribution in [3.05, 3.63) is 47.0 Å². The quantitative estimate of drug-likeness (QED) is 0.284. The third kappa shape index (κ3) is 16.1. The molecule has 0 fully saturated rings. The molecular formula is C21H36ClF2N5OS2. The standard InChI is InChI=1S/C12H13ClF2N4OS2.C5H12.C3H6.CH5N/c1-16-2-3-17-9-5-8(14)10(4-7(9)13)22(20)19-12-18-6-11(15)21-12;1-5(2,3)4;1-3-2;1-2/h4-6,16-17H,2-3H2,1H3,(H,18,19);1-4H3;3H,1H2,2H3;2H2,1H3. The van der Waals surface area contributed by atoms with E-state index in [0.29, 0.717) is 35.5 Å². The van der Waals surface area contributed by atoms with Gasteiger partial charge in [0.25, 0.3) is 0 Å². The Labute approximate surface area is 202 Å². The van der Waals surface area contributed by atoms with E-state index in [0.717, 1.165) is 6.20 Å². The van der Waals surface area contributed by atoms with E-state index in [1.165, 1.54) is 19.2 Å². The smallest absolute Gasteiger partial charge is 0.198 e. The van der Waals surface area contributed by atoms with Crippen LogP contribution < -0.4 is 21.1 Å².